The first-order valence-corrected chi connectivity index (χ1v) is 11.8. The Morgan fingerprint density at radius 3 is 2.26 bits per heavy atom. The Labute approximate surface area is 205 Å². The van der Waals surface area contributed by atoms with Crippen molar-refractivity contribution in [3.8, 4) is 5.69 Å². The molecule has 2 aromatic carbocycles. The van der Waals surface area contributed by atoms with Gasteiger partial charge in [0, 0.05) is 23.3 Å². The summed E-state index contributed by atoms with van der Waals surface area (Å²) in [5, 5.41) is 4.09. The van der Waals surface area contributed by atoms with E-state index in [-0.39, 0.29) is 17.9 Å². The SMILES string of the molecule is Cc1cccc(C)c1-n1c(C)cc(C2C(c3ccccn3)NC(=S)N2c2ccc(F)cc2)c1C. The minimum atomic E-state index is -0.271. The van der Waals surface area contributed by atoms with E-state index in [1.165, 1.54) is 28.9 Å². The second-order valence-corrected chi connectivity index (χ2v) is 9.26. The molecule has 1 fully saturated rings. The van der Waals surface area contributed by atoms with Crippen molar-refractivity contribution >= 4 is 23.0 Å². The summed E-state index contributed by atoms with van der Waals surface area (Å²) >= 11 is 5.81. The zero-order chi connectivity index (χ0) is 24.0. The van der Waals surface area contributed by atoms with Crippen molar-refractivity contribution in [3.63, 3.8) is 0 Å². The molecule has 3 heterocycles. The van der Waals surface area contributed by atoms with Gasteiger partial charge in [-0.2, -0.15) is 0 Å². The minimum Gasteiger partial charge on any atom is -0.351 e. The second-order valence-electron chi connectivity index (χ2n) is 8.88. The van der Waals surface area contributed by atoms with Crippen molar-refractivity contribution in [2.45, 2.75) is 39.8 Å². The van der Waals surface area contributed by atoms with Crippen LogP contribution in [0, 0.1) is 33.5 Å². The lowest BCUT2D eigenvalue weighted by Crippen LogP contribution is -2.29. The molecule has 4 nitrogen and oxygen atoms in total. The van der Waals surface area contributed by atoms with Gasteiger partial charge in [0.1, 0.15) is 5.82 Å². The first-order valence-electron chi connectivity index (χ1n) is 11.4. The molecule has 0 amide bonds. The molecule has 2 unspecified atom stereocenters. The molecule has 4 aromatic rings. The molecule has 1 aliphatic rings. The fraction of sp³-hybridized carbons (Fsp3) is 0.214. The van der Waals surface area contributed by atoms with Crippen molar-refractivity contribution in [2.24, 2.45) is 0 Å². The van der Waals surface area contributed by atoms with Gasteiger partial charge in [0.2, 0.25) is 0 Å². The summed E-state index contributed by atoms with van der Waals surface area (Å²) in [4.78, 5) is 6.73. The Kier molecular flexibility index (Phi) is 5.70. The number of aromatic nitrogens is 2. The van der Waals surface area contributed by atoms with E-state index in [9.17, 15) is 4.39 Å². The third kappa shape index (κ3) is 3.68. The summed E-state index contributed by atoms with van der Waals surface area (Å²) in [5.74, 6) is -0.271. The number of pyridine rings is 1. The Balaban J connectivity index is 1.71. The zero-order valence-electron chi connectivity index (χ0n) is 19.7. The van der Waals surface area contributed by atoms with Crippen LogP contribution in [0.2, 0.25) is 0 Å². The van der Waals surface area contributed by atoms with Gasteiger partial charge in [-0.15, -0.1) is 0 Å². The molecular weight excluding hydrogens is 443 g/mol. The van der Waals surface area contributed by atoms with Crippen LogP contribution in [0.5, 0.6) is 0 Å². The summed E-state index contributed by atoms with van der Waals surface area (Å²) in [5.41, 5.74) is 8.89. The molecule has 172 valence electrons. The van der Waals surface area contributed by atoms with Crippen LogP contribution >= 0.6 is 12.2 Å². The summed E-state index contributed by atoms with van der Waals surface area (Å²) in [7, 11) is 0. The minimum absolute atomic E-state index is 0.142. The van der Waals surface area contributed by atoms with Crippen LogP contribution in [0.3, 0.4) is 0 Å². The number of hydrogen-bond donors (Lipinski definition) is 1. The van der Waals surface area contributed by atoms with Crippen molar-refractivity contribution in [1.29, 1.82) is 0 Å². The van der Waals surface area contributed by atoms with Gasteiger partial charge in [-0.25, -0.2) is 4.39 Å². The van der Waals surface area contributed by atoms with E-state index >= 15 is 0 Å². The van der Waals surface area contributed by atoms with Crippen LogP contribution < -0.4 is 10.2 Å². The molecule has 1 saturated heterocycles. The number of nitrogens with one attached hydrogen (secondary N) is 1. The highest BCUT2D eigenvalue weighted by molar-refractivity contribution is 7.80. The maximum absolute atomic E-state index is 13.7. The molecule has 6 heteroatoms. The van der Waals surface area contributed by atoms with E-state index in [1.54, 1.807) is 18.3 Å². The zero-order valence-corrected chi connectivity index (χ0v) is 20.5. The molecule has 5 rings (SSSR count). The van der Waals surface area contributed by atoms with Gasteiger partial charge < -0.3 is 14.8 Å². The van der Waals surface area contributed by atoms with E-state index < -0.39 is 0 Å². The Hall–Kier alpha value is -3.51. The molecular formula is C28H27FN4S. The lowest BCUT2D eigenvalue weighted by molar-refractivity contribution is 0.565. The molecule has 2 aromatic heterocycles. The summed E-state index contributed by atoms with van der Waals surface area (Å²) < 4.78 is 16.1. The maximum Gasteiger partial charge on any atom is 0.174 e. The molecule has 1 N–H and O–H groups in total. The normalized spacial score (nSPS) is 17.8. The van der Waals surface area contributed by atoms with Gasteiger partial charge in [-0.05, 0) is 99.1 Å². The van der Waals surface area contributed by atoms with Gasteiger partial charge in [0.25, 0.3) is 0 Å². The molecule has 1 aliphatic heterocycles. The third-order valence-electron chi connectivity index (χ3n) is 6.65. The summed E-state index contributed by atoms with van der Waals surface area (Å²) in [6, 6.07) is 20.8. The number of anilines is 1. The van der Waals surface area contributed by atoms with Crippen molar-refractivity contribution in [2.75, 3.05) is 4.90 Å². The molecule has 0 bridgehead atoms. The van der Waals surface area contributed by atoms with Crippen LogP contribution in [-0.2, 0) is 0 Å². The van der Waals surface area contributed by atoms with E-state index in [0.717, 1.165) is 28.3 Å². The first-order chi connectivity index (χ1) is 16.4. The number of para-hydroxylation sites is 1. The van der Waals surface area contributed by atoms with Crippen LogP contribution in [-0.4, -0.2) is 14.7 Å². The van der Waals surface area contributed by atoms with Gasteiger partial charge in [-0.1, -0.05) is 24.3 Å². The van der Waals surface area contributed by atoms with Crippen molar-refractivity contribution < 1.29 is 4.39 Å². The number of nitrogens with zero attached hydrogens (tertiary/aromatic N) is 3. The Morgan fingerprint density at radius 2 is 1.62 bits per heavy atom. The van der Waals surface area contributed by atoms with Crippen LogP contribution in [0.15, 0.2) is 72.9 Å². The highest BCUT2D eigenvalue weighted by atomic mass is 32.1. The van der Waals surface area contributed by atoms with E-state index in [1.807, 2.05) is 18.2 Å². The summed E-state index contributed by atoms with van der Waals surface area (Å²) in [6.07, 6.45) is 1.80. The first kappa shape index (κ1) is 22.3. The van der Waals surface area contributed by atoms with Crippen LogP contribution in [0.4, 0.5) is 10.1 Å². The second kappa shape index (κ2) is 8.69. The lowest BCUT2D eigenvalue weighted by atomic mass is 9.96. The average Bonchev–Trinajstić information content (AvgIpc) is 3.31. The molecule has 0 spiro atoms. The number of halogens is 1. The lowest BCUT2D eigenvalue weighted by Gasteiger charge is -2.28. The van der Waals surface area contributed by atoms with Gasteiger partial charge in [0.15, 0.2) is 5.11 Å². The number of aryl methyl sites for hydroxylation is 3. The highest BCUT2D eigenvalue weighted by Crippen LogP contribution is 2.44. The Morgan fingerprint density at radius 1 is 0.912 bits per heavy atom. The summed E-state index contributed by atoms with van der Waals surface area (Å²) in [6.45, 7) is 8.60. The van der Waals surface area contributed by atoms with E-state index in [2.05, 4.69) is 71.7 Å². The predicted molar refractivity (Wildman–Crippen MR) is 139 cm³/mol. The number of hydrogen-bond acceptors (Lipinski definition) is 2. The van der Waals surface area contributed by atoms with Gasteiger partial charge >= 0.3 is 0 Å². The van der Waals surface area contributed by atoms with Gasteiger partial charge in [-0.3, -0.25) is 4.98 Å². The highest BCUT2D eigenvalue weighted by Gasteiger charge is 2.42. The smallest absolute Gasteiger partial charge is 0.174 e. The predicted octanol–water partition coefficient (Wildman–Crippen LogP) is 6.42. The van der Waals surface area contributed by atoms with Gasteiger partial charge in [0.05, 0.1) is 23.5 Å². The standard InChI is InChI=1S/C28H27FN4S/c1-17-8-7-9-18(2)26(17)32-19(3)16-23(20(32)4)27-25(24-10-5-6-15-30-24)31-28(34)33(27)22-13-11-21(29)12-14-22/h5-16,25,27H,1-4H3,(H,31,34). The fourth-order valence-corrected chi connectivity index (χ4v) is 5.49. The average molecular weight is 471 g/mol. The van der Waals surface area contributed by atoms with Crippen LogP contribution in [0.25, 0.3) is 5.69 Å². The Bertz CT molecular complexity index is 1340. The fourth-order valence-electron chi connectivity index (χ4n) is 5.14. The molecule has 0 saturated carbocycles. The van der Waals surface area contributed by atoms with E-state index in [4.69, 9.17) is 12.2 Å². The van der Waals surface area contributed by atoms with Crippen LogP contribution in [0.1, 0.15) is 45.9 Å². The maximum atomic E-state index is 13.7. The number of rotatable bonds is 4. The largest absolute Gasteiger partial charge is 0.351 e. The molecule has 0 aliphatic carbocycles. The van der Waals surface area contributed by atoms with Crippen molar-refractivity contribution in [1.82, 2.24) is 14.9 Å². The number of thiocarbonyl (C=S) groups is 1. The molecule has 0 radical (unpaired) electrons. The molecule has 2 atom stereocenters. The van der Waals surface area contributed by atoms with E-state index in [0.29, 0.717) is 5.11 Å². The number of benzene rings is 2. The molecule has 34 heavy (non-hydrogen) atoms. The quantitative estimate of drug-likeness (QED) is 0.349. The van der Waals surface area contributed by atoms with Crippen molar-refractivity contribution in [3.05, 3.63) is 113 Å². The monoisotopic (exact) mass is 470 g/mol. The topological polar surface area (TPSA) is 33.1 Å². The third-order valence-corrected chi connectivity index (χ3v) is 6.97.